The molecule has 2 bridgehead atoms. The minimum atomic E-state index is -1.19. The van der Waals surface area contributed by atoms with Gasteiger partial charge in [-0.15, -0.1) is 0 Å². The van der Waals surface area contributed by atoms with Crippen LogP contribution in [-0.2, 0) is 4.79 Å². The number of fused-ring (bicyclic) bond motifs is 2. The fourth-order valence-corrected chi connectivity index (χ4v) is 2.24. The molecule has 2 saturated heterocycles. The third-order valence-electron chi connectivity index (χ3n) is 2.90. The summed E-state index contributed by atoms with van der Waals surface area (Å²) in [5, 5.41) is 11.8. The SMILES string of the molecule is O=C(O)C1CC2CCC(N2)C1F. The number of aliphatic carboxylic acids is 1. The van der Waals surface area contributed by atoms with Gasteiger partial charge in [-0.2, -0.15) is 0 Å². The lowest BCUT2D eigenvalue weighted by Gasteiger charge is -2.29. The molecule has 2 aliphatic heterocycles. The summed E-state index contributed by atoms with van der Waals surface area (Å²) < 4.78 is 13.3. The Morgan fingerprint density at radius 3 is 2.92 bits per heavy atom. The Morgan fingerprint density at radius 1 is 1.50 bits per heavy atom. The number of alkyl halides is 1. The van der Waals surface area contributed by atoms with Crippen molar-refractivity contribution in [2.45, 2.75) is 37.5 Å². The van der Waals surface area contributed by atoms with Crippen molar-refractivity contribution in [1.29, 1.82) is 0 Å². The number of hydrogen-bond donors (Lipinski definition) is 2. The average Bonchev–Trinajstić information content (AvgIpc) is 2.41. The Kier molecular flexibility index (Phi) is 1.79. The summed E-state index contributed by atoms with van der Waals surface area (Å²) in [7, 11) is 0. The van der Waals surface area contributed by atoms with E-state index >= 15 is 0 Å². The molecule has 0 amide bonds. The number of nitrogens with one attached hydrogen (secondary N) is 1. The molecule has 0 saturated carbocycles. The van der Waals surface area contributed by atoms with Crippen LogP contribution in [0.2, 0.25) is 0 Å². The van der Waals surface area contributed by atoms with Crippen LogP contribution in [0.3, 0.4) is 0 Å². The quantitative estimate of drug-likeness (QED) is 0.608. The smallest absolute Gasteiger partial charge is 0.309 e. The first kappa shape index (κ1) is 7.98. The van der Waals surface area contributed by atoms with Gasteiger partial charge in [-0.3, -0.25) is 4.79 Å². The minimum Gasteiger partial charge on any atom is -0.481 e. The summed E-state index contributed by atoms with van der Waals surface area (Å²) >= 11 is 0. The fraction of sp³-hybridized carbons (Fsp3) is 0.875. The second-order valence-corrected chi connectivity index (χ2v) is 3.67. The highest BCUT2D eigenvalue weighted by Gasteiger charge is 2.44. The summed E-state index contributed by atoms with van der Waals surface area (Å²) in [6.07, 6.45) is 0.971. The number of piperidine rings is 1. The Morgan fingerprint density at radius 2 is 2.25 bits per heavy atom. The zero-order valence-corrected chi connectivity index (χ0v) is 6.66. The molecule has 4 unspecified atom stereocenters. The zero-order chi connectivity index (χ0) is 8.72. The van der Waals surface area contributed by atoms with Crippen LogP contribution in [0.1, 0.15) is 19.3 Å². The third kappa shape index (κ3) is 1.10. The Bertz CT molecular complexity index is 209. The first-order valence-electron chi connectivity index (χ1n) is 4.31. The largest absolute Gasteiger partial charge is 0.481 e. The summed E-state index contributed by atoms with van der Waals surface area (Å²) in [4.78, 5) is 10.6. The predicted molar refractivity (Wildman–Crippen MR) is 40.6 cm³/mol. The molecule has 2 aliphatic rings. The summed E-state index contributed by atoms with van der Waals surface area (Å²) in [6.45, 7) is 0. The molecule has 2 fully saturated rings. The fourth-order valence-electron chi connectivity index (χ4n) is 2.24. The Balaban J connectivity index is 2.12. The highest BCUT2D eigenvalue weighted by molar-refractivity contribution is 5.71. The van der Waals surface area contributed by atoms with Gasteiger partial charge in [0.2, 0.25) is 0 Å². The van der Waals surface area contributed by atoms with Crippen LogP contribution in [0, 0.1) is 5.92 Å². The number of carboxylic acid groups (broad SMARTS) is 1. The number of rotatable bonds is 1. The topological polar surface area (TPSA) is 49.3 Å². The molecule has 4 heteroatoms. The van der Waals surface area contributed by atoms with Crippen molar-refractivity contribution in [2.75, 3.05) is 0 Å². The molecule has 0 radical (unpaired) electrons. The van der Waals surface area contributed by atoms with Gasteiger partial charge < -0.3 is 10.4 Å². The second-order valence-electron chi connectivity index (χ2n) is 3.67. The van der Waals surface area contributed by atoms with E-state index in [4.69, 9.17) is 5.11 Å². The predicted octanol–water partition coefficient (Wildman–Crippen LogP) is 0.550. The van der Waals surface area contributed by atoms with E-state index in [9.17, 15) is 9.18 Å². The molecule has 2 rings (SSSR count). The van der Waals surface area contributed by atoms with Crippen molar-refractivity contribution in [3.05, 3.63) is 0 Å². The van der Waals surface area contributed by atoms with Crippen molar-refractivity contribution in [3.63, 3.8) is 0 Å². The third-order valence-corrected chi connectivity index (χ3v) is 2.90. The lowest BCUT2D eigenvalue weighted by Crippen LogP contribution is -2.49. The molecule has 2 heterocycles. The van der Waals surface area contributed by atoms with E-state index in [2.05, 4.69) is 5.32 Å². The maximum absolute atomic E-state index is 13.3. The van der Waals surface area contributed by atoms with Crippen LogP contribution in [0.5, 0.6) is 0 Å². The number of hydrogen-bond acceptors (Lipinski definition) is 2. The van der Waals surface area contributed by atoms with Crippen LogP contribution in [0.25, 0.3) is 0 Å². The molecule has 0 aromatic carbocycles. The Hall–Kier alpha value is -0.640. The van der Waals surface area contributed by atoms with E-state index in [1.807, 2.05) is 0 Å². The van der Waals surface area contributed by atoms with Gasteiger partial charge in [-0.05, 0) is 19.3 Å². The molecular formula is C8H12FNO2. The van der Waals surface area contributed by atoms with Gasteiger partial charge >= 0.3 is 5.97 Å². The molecule has 4 atom stereocenters. The van der Waals surface area contributed by atoms with Gasteiger partial charge in [-0.1, -0.05) is 0 Å². The highest BCUT2D eigenvalue weighted by Crippen LogP contribution is 2.33. The minimum absolute atomic E-state index is 0.204. The van der Waals surface area contributed by atoms with E-state index in [-0.39, 0.29) is 12.1 Å². The van der Waals surface area contributed by atoms with Crippen molar-refractivity contribution < 1.29 is 14.3 Å². The van der Waals surface area contributed by atoms with E-state index in [0.717, 1.165) is 12.8 Å². The standard InChI is InChI=1S/C8H12FNO2/c9-7-5(8(11)12)3-4-1-2-6(7)10-4/h4-7,10H,1-3H2,(H,11,12). The first-order chi connectivity index (χ1) is 5.68. The van der Waals surface area contributed by atoms with E-state index in [0.29, 0.717) is 6.42 Å². The highest BCUT2D eigenvalue weighted by atomic mass is 19.1. The first-order valence-corrected chi connectivity index (χ1v) is 4.31. The molecule has 3 nitrogen and oxygen atoms in total. The van der Waals surface area contributed by atoms with E-state index in [1.54, 1.807) is 0 Å². The van der Waals surface area contributed by atoms with Crippen molar-refractivity contribution >= 4 is 5.97 Å². The van der Waals surface area contributed by atoms with Gasteiger partial charge in [0.25, 0.3) is 0 Å². The maximum Gasteiger partial charge on any atom is 0.309 e. The number of carboxylic acids is 1. The number of carbonyl (C=O) groups is 1. The monoisotopic (exact) mass is 173 g/mol. The molecule has 0 aromatic heterocycles. The lowest BCUT2D eigenvalue weighted by atomic mass is 9.91. The average molecular weight is 173 g/mol. The van der Waals surface area contributed by atoms with Crippen molar-refractivity contribution in [2.24, 2.45) is 5.92 Å². The molecule has 68 valence electrons. The maximum atomic E-state index is 13.3. The molecule has 2 N–H and O–H groups in total. The molecule has 0 spiro atoms. The van der Waals surface area contributed by atoms with Gasteiger partial charge in [0, 0.05) is 12.1 Å². The van der Waals surface area contributed by atoms with Gasteiger partial charge in [0.05, 0.1) is 5.92 Å². The van der Waals surface area contributed by atoms with Crippen LogP contribution in [0.4, 0.5) is 4.39 Å². The molecule has 0 aliphatic carbocycles. The number of halogens is 1. The normalized spacial score (nSPS) is 46.1. The van der Waals surface area contributed by atoms with Crippen LogP contribution < -0.4 is 5.32 Å². The van der Waals surface area contributed by atoms with Crippen molar-refractivity contribution in [3.8, 4) is 0 Å². The van der Waals surface area contributed by atoms with Gasteiger partial charge in [0.15, 0.2) is 0 Å². The lowest BCUT2D eigenvalue weighted by molar-refractivity contribution is -0.145. The molecule has 12 heavy (non-hydrogen) atoms. The van der Waals surface area contributed by atoms with Crippen LogP contribution in [-0.4, -0.2) is 29.3 Å². The second kappa shape index (κ2) is 2.69. The van der Waals surface area contributed by atoms with Crippen molar-refractivity contribution in [1.82, 2.24) is 5.32 Å². The van der Waals surface area contributed by atoms with Gasteiger partial charge in [0.1, 0.15) is 6.17 Å². The molecular weight excluding hydrogens is 161 g/mol. The van der Waals surface area contributed by atoms with E-state index in [1.165, 1.54) is 0 Å². The molecule has 0 aromatic rings. The summed E-state index contributed by atoms with van der Waals surface area (Å²) in [5.41, 5.74) is 0. The van der Waals surface area contributed by atoms with Crippen LogP contribution in [0.15, 0.2) is 0 Å². The summed E-state index contributed by atoms with van der Waals surface area (Å²) in [6, 6.07) is 0.0351. The van der Waals surface area contributed by atoms with Gasteiger partial charge in [-0.25, -0.2) is 4.39 Å². The van der Waals surface area contributed by atoms with Crippen LogP contribution >= 0.6 is 0 Å². The Labute approximate surface area is 70.0 Å². The summed E-state index contributed by atoms with van der Waals surface area (Å²) in [5.74, 6) is -1.76. The zero-order valence-electron chi connectivity index (χ0n) is 6.66. The van der Waals surface area contributed by atoms with E-state index < -0.39 is 18.1 Å².